The van der Waals surface area contributed by atoms with Crippen LogP contribution in [-0.4, -0.2) is 99.5 Å². The molecular weight excluding hydrogens is 509 g/mol. The molecule has 0 spiro atoms. The quantitative estimate of drug-likeness (QED) is 0.160. The molecule has 196 valence electrons. The lowest BCUT2D eigenvalue weighted by Crippen LogP contribution is -2.44. The van der Waals surface area contributed by atoms with Crippen molar-refractivity contribution in [2.75, 3.05) is 25.1 Å². The van der Waals surface area contributed by atoms with Crippen LogP contribution in [0.2, 0.25) is 5.28 Å². The highest BCUT2D eigenvalue weighted by atomic mass is 35.5. The van der Waals surface area contributed by atoms with Crippen LogP contribution in [0.5, 0.6) is 0 Å². The van der Waals surface area contributed by atoms with E-state index >= 15 is 0 Å². The molecule has 0 amide bonds. The number of halogens is 1. The van der Waals surface area contributed by atoms with E-state index in [0.717, 1.165) is 19.3 Å². The molecule has 2 aromatic heterocycles. The number of aliphatic hydroxyl groups excluding tert-OH is 4. The Morgan fingerprint density at radius 1 is 1.26 bits per heavy atom. The molecule has 7 N–H and O–H groups in total. The Hall–Kier alpha value is -1.45. The van der Waals surface area contributed by atoms with Gasteiger partial charge in [0.15, 0.2) is 11.9 Å². The van der Waals surface area contributed by atoms with Gasteiger partial charge in [0.25, 0.3) is 0 Å². The first-order valence-corrected chi connectivity index (χ1v) is 13.1. The highest BCUT2D eigenvalue weighted by Gasteiger charge is 2.51. The predicted octanol–water partition coefficient (Wildman–Crippen LogP) is -0.425. The van der Waals surface area contributed by atoms with E-state index in [1.54, 1.807) is 0 Å². The van der Waals surface area contributed by atoms with Crippen LogP contribution in [0, 0.1) is 5.92 Å². The Bertz CT molecular complexity index is 1100. The van der Waals surface area contributed by atoms with Gasteiger partial charge < -0.3 is 45.0 Å². The zero-order valence-corrected chi connectivity index (χ0v) is 20.5. The molecule has 4 rings (SSSR count). The van der Waals surface area contributed by atoms with Gasteiger partial charge in [-0.15, -0.1) is 0 Å². The molecule has 6 atom stereocenters. The van der Waals surface area contributed by atoms with Crippen molar-refractivity contribution in [3.63, 3.8) is 0 Å². The lowest BCUT2D eigenvalue weighted by molar-refractivity contribution is -0.121. The third-order valence-corrected chi connectivity index (χ3v) is 8.37. The Balaban J connectivity index is 1.57. The molecule has 1 saturated heterocycles. The number of aliphatic hydroxyl groups is 4. The summed E-state index contributed by atoms with van der Waals surface area (Å²) < 4.78 is 23.8. The highest BCUT2D eigenvalue weighted by Crippen LogP contribution is 2.51. The van der Waals surface area contributed by atoms with Crippen LogP contribution in [0.15, 0.2) is 6.20 Å². The fourth-order valence-electron chi connectivity index (χ4n) is 4.45. The summed E-state index contributed by atoms with van der Waals surface area (Å²) in [7, 11) is -5.10. The first-order valence-electron chi connectivity index (χ1n) is 11.1. The average molecular weight is 538 g/mol. The van der Waals surface area contributed by atoms with Gasteiger partial charge in [-0.1, -0.05) is 13.3 Å². The van der Waals surface area contributed by atoms with Crippen LogP contribution in [0.1, 0.15) is 32.4 Å². The molecule has 2 aromatic rings. The second-order valence-corrected chi connectivity index (χ2v) is 11.2. The van der Waals surface area contributed by atoms with Gasteiger partial charge in [-0.3, -0.25) is 4.57 Å². The number of hydrogen-bond acceptors (Lipinski definition) is 11. The Labute approximate surface area is 205 Å². The van der Waals surface area contributed by atoms with Gasteiger partial charge in [0.05, 0.1) is 31.4 Å². The maximum absolute atomic E-state index is 11.7. The molecule has 2 aliphatic rings. The number of fused-ring (bicyclic) bond motifs is 1. The van der Waals surface area contributed by atoms with E-state index in [9.17, 15) is 34.8 Å². The van der Waals surface area contributed by atoms with Crippen molar-refractivity contribution in [1.29, 1.82) is 0 Å². The number of nitrogens with zero attached hydrogens (tertiary/aromatic N) is 4. The van der Waals surface area contributed by atoms with E-state index in [2.05, 4.69) is 27.3 Å². The maximum atomic E-state index is 11.7. The molecule has 1 saturated carbocycles. The summed E-state index contributed by atoms with van der Waals surface area (Å²) in [5.41, 5.74) is 0.242. The van der Waals surface area contributed by atoms with E-state index in [0.29, 0.717) is 17.1 Å². The van der Waals surface area contributed by atoms with Crippen LogP contribution >= 0.6 is 19.2 Å². The van der Waals surface area contributed by atoms with E-state index in [4.69, 9.17) is 21.1 Å². The van der Waals surface area contributed by atoms with Gasteiger partial charge in [0.1, 0.15) is 24.1 Å². The van der Waals surface area contributed by atoms with Crippen LogP contribution in [-0.2, 0) is 14.0 Å². The molecule has 1 aliphatic heterocycles. The minimum atomic E-state index is -5.10. The van der Waals surface area contributed by atoms with Crippen LogP contribution in [0.25, 0.3) is 11.0 Å². The van der Waals surface area contributed by atoms with Crippen molar-refractivity contribution in [1.82, 2.24) is 19.7 Å². The minimum Gasteiger partial charge on any atom is -0.393 e. The first-order chi connectivity index (χ1) is 16.5. The molecule has 3 heterocycles. The van der Waals surface area contributed by atoms with Gasteiger partial charge in [-0.25, -0.2) is 4.68 Å². The highest BCUT2D eigenvalue weighted by molar-refractivity contribution is 7.53. The van der Waals surface area contributed by atoms with Crippen molar-refractivity contribution >= 4 is 36.0 Å². The number of aromatic nitrogens is 4. The summed E-state index contributed by atoms with van der Waals surface area (Å²) in [6.07, 6.45) is -0.914. The molecule has 35 heavy (non-hydrogen) atoms. The Kier molecular flexibility index (Phi) is 7.70. The summed E-state index contributed by atoms with van der Waals surface area (Å²) >= 11 is 6.15. The van der Waals surface area contributed by atoms with Crippen molar-refractivity contribution < 1.29 is 44.3 Å². The predicted molar refractivity (Wildman–Crippen MR) is 122 cm³/mol. The van der Waals surface area contributed by atoms with Gasteiger partial charge >= 0.3 is 7.60 Å². The van der Waals surface area contributed by atoms with E-state index in [1.165, 1.54) is 10.9 Å². The fraction of sp³-hybridized carbons (Fsp3) is 0.737. The van der Waals surface area contributed by atoms with Crippen molar-refractivity contribution in [2.24, 2.45) is 5.92 Å². The monoisotopic (exact) mass is 537 g/mol. The topological polar surface area (TPSA) is 213 Å². The minimum absolute atomic E-state index is 0.0577. The van der Waals surface area contributed by atoms with Crippen LogP contribution in [0.3, 0.4) is 0 Å². The molecule has 0 unspecified atom stereocenters. The molecule has 16 heteroatoms. The average Bonchev–Trinajstić information content (AvgIpc) is 3.47. The molecule has 0 bridgehead atoms. The summed E-state index contributed by atoms with van der Waals surface area (Å²) in [5.74, 6) is 0.929. The summed E-state index contributed by atoms with van der Waals surface area (Å²) in [5, 5.41) is 45.5. The number of ether oxygens (including phenoxy) is 2. The normalized spacial score (nSPS) is 29.8. The molecule has 2 fully saturated rings. The van der Waals surface area contributed by atoms with Gasteiger partial charge in [-0.2, -0.15) is 15.1 Å². The van der Waals surface area contributed by atoms with E-state index in [-0.39, 0.29) is 17.0 Å². The summed E-state index contributed by atoms with van der Waals surface area (Å²) in [6, 6.07) is 0.205. The largest absolute Gasteiger partial charge is 0.393 e. The molecule has 1 aliphatic carbocycles. The van der Waals surface area contributed by atoms with Gasteiger partial charge in [-0.05, 0) is 30.4 Å². The summed E-state index contributed by atoms with van der Waals surface area (Å²) in [4.78, 5) is 27.4. The lowest BCUT2D eigenvalue weighted by atomic mass is 10.1. The van der Waals surface area contributed by atoms with E-state index in [1.807, 2.05) is 0 Å². The maximum Gasteiger partial charge on any atom is 0.361 e. The van der Waals surface area contributed by atoms with Crippen LogP contribution in [0.4, 0.5) is 5.82 Å². The Morgan fingerprint density at radius 3 is 2.57 bits per heavy atom. The third-order valence-electron chi connectivity index (χ3n) is 6.73. The molecular formula is C19H29ClN5O9P. The second-order valence-electron chi connectivity index (χ2n) is 8.99. The molecule has 14 nitrogen and oxygen atoms in total. The Morgan fingerprint density at radius 2 is 1.97 bits per heavy atom. The van der Waals surface area contributed by atoms with Crippen molar-refractivity contribution in [2.45, 2.75) is 62.1 Å². The van der Waals surface area contributed by atoms with Crippen molar-refractivity contribution in [3.8, 4) is 0 Å². The summed E-state index contributed by atoms with van der Waals surface area (Å²) in [6.45, 7) is -0.869. The first kappa shape index (κ1) is 26.6. The van der Waals surface area contributed by atoms with Gasteiger partial charge in [0.2, 0.25) is 10.6 Å². The third kappa shape index (κ3) is 4.92. The fourth-order valence-corrected chi connectivity index (χ4v) is 5.22. The van der Waals surface area contributed by atoms with Gasteiger partial charge in [0, 0.05) is 6.04 Å². The number of hydrogen-bond donors (Lipinski definition) is 7. The number of rotatable bonds is 9. The van der Waals surface area contributed by atoms with Crippen molar-refractivity contribution in [3.05, 3.63) is 11.5 Å². The molecule has 0 radical (unpaired) electrons. The number of anilines is 1. The number of nitrogens with one attached hydrogen (secondary N) is 1. The zero-order chi connectivity index (χ0) is 25.5. The lowest BCUT2D eigenvalue weighted by Gasteiger charge is -2.31. The second kappa shape index (κ2) is 10.1. The SMILES string of the molecule is C[C@H]1CCC[C@@H]1Nc1nc(Cl)nc2c1cnn2[C@@H]1O[C@H](COC(CO)(CO)P(=O)(O)O)[C@@H](O)[C@H]1O. The molecule has 0 aromatic carbocycles. The van der Waals surface area contributed by atoms with Crippen LogP contribution < -0.4 is 5.32 Å². The standard InChI is InChI=1S/C19H29ClN5O9P/c1-9-3-2-4-11(9)22-15-10-5-21-25(16(10)24-18(20)23-15)17-14(29)13(28)12(34-17)6-33-19(7-26,8-27)35(30,31)32/h5,9,11-14,17,26-29H,2-4,6-8H2,1H3,(H,22,23,24)(H2,30,31,32)/t9-,11-,12+,13+,14+,17+/m0/s1. The zero-order valence-electron chi connectivity index (χ0n) is 18.8. The smallest absolute Gasteiger partial charge is 0.361 e. The van der Waals surface area contributed by atoms with E-state index < -0.39 is 57.3 Å².